The Balaban J connectivity index is 2.36. The van der Waals surface area contributed by atoms with Crippen molar-refractivity contribution in [1.29, 1.82) is 0 Å². The first-order valence-corrected chi connectivity index (χ1v) is 7.69. The van der Waals surface area contributed by atoms with E-state index in [4.69, 9.17) is 20.9 Å². The van der Waals surface area contributed by atoms with E-state index < -0.39 is 15.1 Å². The van der Waals surface area contributed by atoms with Crippen molar-refractivity contribution >= 4 is 21.4 Å². The van der Waals surface area contributed by atoms with Crippen molar-refractivity contribution in [3.05, 3.63) is 41.0 Å². The highest BCUT2D eigenvalue weighted by molar-refractivity contribution is 7.91. The van der Waals surface area contributed by atoms with Gasteiger partial charge in [0.25, 0.3) is 0 Å². The minimum atomic E-state index is -3.69. The van der Waals surface area contributed by atoms with E-state index in [-0.39, 0.29) is 22.4 Å². The van der Waals surface area contributed by atoms with Gasteiger partial charge in [0.05, 0.1) is 9.92 Å². The standard InChI is InChI=1S/C12H13ClN2O4S/c1-8(12-14-11(7-18-2)15-19-12)20(16,17)10-6-4-3-5-9(10)13/h3-6,8H,7H2,1-2H3/t8-/m1/s1. The molecule has 108 valence electrons. The largest absolute Gasteiger partial charge is 0.377 e. The van der Waals surface area contributed by atoms with Crippen LogP contribution in [0.15, 0.2) is 33.7 Å². The maximum Gasteiger partial charge on any atom is 0.245 e. The number of sulfone groups is 1. The Hall–Kier alpha value is -1.44. The Morgan fingerprint density at radius 3 is 2.75 bits per heavy atom. The molecular weight excluding hydrogens is 304 g/mol. The van der Waals surface area contributed by atoms with Gasteiger partial charge in [0, 0.05) is 7.11 Å². The van der Waals surface area contributed by atoms with Crippen LogP contribution < -0.4 is 0 Å². The highest BCUT2D eigenvalue weighted by atomic mass is 35.5. The predicted molar refractivity (Wildman–Crippen MR) is 72.1 cm³/mol. The molecule has 0 spiro atoms. The third-order valence-corrected chi connectivity index (χ3v) is 5.26. The van der Waals surface area contributed by atoms with Gasteiger partial charge in [0.15, 0.2) is 15.7 Å². The number of aromatic nitrogens is 2. The fourth-order valence-corrected chi connectivity index (χ4v) is 3.43. The number of methoxy groups -OCH3 is 1. The summed E-state index contributed by atoms with van der Waals surface area (Å²) < 4.78 is 34.8. The van der Waals surface area contributed by atoms with E-state index in [1.807, 2.05) is 0 Å². The zero-order chi connectivity index (χ0) is 14.8. The highest BCUT2D eigenvalue weighted by Gasteiger charge is 2.31. The van der Waals surface area contributed by atoms with Crippen LogP contribution in [0.1, 0.15) is 23.9 Å². The van der Waals surface area contributed by atoms with Crippen molar-refractivity contribution in [2.24, 2.45) is 0 Å². The van der Waals surface area contributed by atoms with Gasteiger partial charge in [0.2, 0.25) is 5.89 Å². The second kappa shape index (κ2) is 5.90. The van der Waals surface area contributed by atoms with Gasteiger partial charge in [-0.05, 0) is 19.1 Å². The summed E-state index contributed by atoms with van der Waals surface area (Å²) in [6.07, 6.45) is 0. The molecule has 1 heterocycles. The van der Waals surface area contributed by atoms with Crippen molar-refractivity contribution in [2.45, 2.75) is 23.7 Å². The van der Waals surface area contributed by atoms with Gasteiger partial charge in [-0.15, -0.1) is 0 Å². The normalized spacial score (nSPS) is 13.3. The van der Waals surface area contributed by atoms with Crippen molar-refractivity contribution in [2.75, 3.05) is 7.11 Å². The number of hydrogen-bond donors (Lipinski definition) is 0. The molecular formula is C12H13ClN2O4S. The van der Waals surface area contributed by atoms with Crippen molar-refractivity contribution in [1.82, 2.24) is 10.1 Å². The minimum absolute atomic E-state index is 0.0111. The summed E-state index contributed by atoms with van der Waals surface area (Å²) in [6.45, 7) is 1.63. The quantitative estimate of drug-likeness (QED) is 0.842. The molecule has 0 aliphatic rings. The van der Waals surface area contributed by atoms with E-state index in [1.165, 1.54) is 26.2 Å². The highest BCUT2D eigenvalue weighted by Crippen LogP contribution is 2.31. The molecule has 0 bridgehead atoms. The molecule has 1 aromatic carbocycles. The monoisotopic (exact) mass is 316 g/mol. The summed E-state index contributed by atoms with van der Waals surface area (Å²) in [7, 11) is -2.21. The van der Waals surface area contributed by atoms with Gasteiger partial charge < -0.3 is 9.26 Å². The van der Waals surface area contributed by atoms with E-state index in [2.05, 4.69) is 10.1 Å². The lowest BCUT2D eigenvalue weighted by Crippen LogP contribution is -2.11. The molecule has 20 heavy (non-hydrogen) atoms. The molecule has 8 heteroatoms. The van der Waals surface area contributed by atoms with Gasteiger partial charge >= 0.3 is 0 Å². The Morgan fingerprint density at radius 1 is 1.40 bits per heavy atom. The van der Waals surface area contributed by atoms with Crippen molar-refractivity contribution in [3.8, 4) is 0 Å². The molecule has 0 N–H and O–H groups in total. The molecule has 1 atom stereocenters. The number of rotatable bonds is 5. The van der Waals surface area contributed by atoms with Gasteiger partial charge in [-0.1, -0.05) is 28.9 Å². The average Bonchev–Trinajstić information content (AvgIpc) is 2.87. The first-order chi connectivity index (χ1) is 9.46. The maximum absolute atomic E-state index is 12.5. The summed E-state index contributed by atoms with van der Waals surface area (Å²) >= 11 is 5.93. The Bertz CT molecular complexity index is 699. The van der Waals surface area contributed by atoms with Crippen LogP contribution in [0, 0.1) is 0 Å². The molecule has 0 fully saturated rings. The molecule has 2 aromatic rings. The van der Waals surface area contributed by atoms with Crippen molar-refractivity contribution < 1.29 is 17.7 Å². The predicted octanol–water partition coefficient (Wildman–Crippen LogP) is 2.40. The van der Waals surface area contributed by atoms with Crippen LogP contribution in [0.2, 0.25) is 5.02 Å². The van der Waals surface area contributed by atoms with E-state index in [0.717, 1.165) is 0 Å². The number of halogens is 1. The maximum atomic E-state index is 12.5. The van der Waals surface area contributed by atoms with E-state index >= 15 is 0 Å². The smallest absolute Gasteiger partial charge is 0.245 e. The molecule has 0 saturated heterocycles. The van der Waals surface area contributed by atoms with Crippen LogP contribution >= 0.6 is 11.6 Å². The van der Waals surface area contributed by atoms with Gasteiger partial charge in [0.1, 0.15) is 11.9 Å². The molecule has 0 unspecified atom stereocenters. The van der Waals surface area contributed by atoms with Crippen LogP contribution in [0.25, 0.3) is 0 Å². The van der Waals surface area contributed by atoms with Crippen LogP contribution in [-0.4, -0.2) is 25.7 Å². The first kappa shape index (κ1) is 15.0. The Morgan fingerprint density at radius 2 is 2.10 bits per heavy atom. The topological polar surface area (TPSA) is 82.3 Å². The van der Waals surface area contributed by atoms with Crippen LogP contribution in [0.5, 0.6) is 0 Å². The summed E-state index contributed by atoms with van der Waals surface area (Å²) in [5, 5.41) is 2.83. The molecule has 0 radical (unpaired) electrons. The van der Waals surface area contributed by atoms with Crippen LogP contribution in [0.3, 0.4) is 0 Å². The molecule has 0 aliphatic carbocycles. The zero-order valence-electron chi connectivity index (χ0n) is 10.9. The Kier molecular flexibility index (Phi) is 4.42. The third kappa shape index (κ3) is 2.84. The summed E-state index contributed by atoms with van der Waals surface area (Å²) in [5.74, 6) is 0.306. The Labute approximate surface area is 121 Å². The van der Waals surface area contributed by atoms with Gasteiger partial charge in [-0.2, -0.15) is 4.98 Å². The minimum Gasteiger partial charge on any atom is -0.377 e. The molecule has 0 saturated carbocycles. The average molecular weight is 317 g/mol. The molecule has 1 aromatic heterocycles. The summed E-state index contributed by atoms with van der Waals surface area (Å²) in [6, 6.07) is 6.23. The molecule has 2 rings (SSSR count). The van der Waals surface area contributed by atoms with Crippen LogP contribution in [0.4, 0.5) is 0 Å². The molecule has 0 aliphatic heterocycles. The number of ether oxygens (including phenoxy) is 1. The van der Waals surface area contributed by atoms with Crippen LogP contribution in [-0.2, 0) is 21.2 Å². The lowest BCUT2D eigenvalue weighted by atomic mass is 10.4. The number of nitrogens with zero attached hydrogens (tertiary/aromatic N) is 2. The van der Waals surface area contributed by atoms with E-state index in [9.17, 15) is 8.42 Å². The molecule has 6 nitrogen and oxygen atoms in total. The fourth-order valence-electron chi connectivity index (χ4n) is 1.62. The third-order valence-electron chi connectivity index (χ3n) is 2.71. The lowest BCUT2D eigenvalue weighted by Gasteiger charge is -2.10. The number of benzene rings is 1. The second-order valence-electron chi connectivity index (χ2n) is 4.10. The van der Waals surface area contributed by atoms with Gasteiger partial charge in [-0.3, -0.25) is 0 Å². The summed E-state index contributed by atoms with van der Waals surface area (Å²) in [5.41, 5.74) is 0. The summed E-state index contributed by atoms with van der Waals surface area (Å²) in [4.78, 5) is 4.04. The van der Waals surface area contributed by atoms with E-state index in [1.54, 1.807) is 12.1 Å². The first-order valence-electron chi connectivity index (χ1n) is 5.76. The fraction of sp³-hybridized carbons (Fsp3) is 0.333. The number of hydrogen-bond acceptors (Lipinski definition) is 6. The SMILES string of the molecule is COCc1noc([C@@H](C)S(=O)(=O)c2ccccc2Cl)n1. The van der Waals surface area contributed by atoms with E-state index in [0.29, 0.717) is 5.82 Å². The second-order valence-corrected chi connectivity index (χ2v) is 6.74. The lowest BCUT2D eigenvalue weighted by molar-refractivity contribution is 0.174. The van der Waals surface area contributed by atoms with Crippen molar-refractivity contribution in [3.63, 3.8) is 0 Å². The van der Waals surface area contributed by atoms with Gasteiger partial charge in [-0.25, -0.2) is 8.42 Å². The molecule has 0 amide bonds. The zero-order valence-corrected chi connectivity index (χ0v) is 12.5.